The molecule has 0 aromatic carbocycles. The molecule has 30 valence electrons. The summed E-state index contributed by atoms with van der Waals surface area (Å²) in [4.78, 5) is 0. The molecule has 0 radical (unpaired) electrons. The molecule has 0 heterocycles. The first-order valence-electron chi connectivity index (χ1n) is 0.378. The Labute approximate surface area is 55.9 Å². The van der Waals surface area contributed by atoms with E-state index < -0.39 is 0 Å². The van der Waals surface area contributed by atoms with Crippen LogP contribution in [0.25, 0.3) is 0 Å². The van der Waals surface area contributed by atoms with E-state index in [9.17, 15) is 0 Å². The van der Waals surface area contributed by atoms with Crippen LogP contribution >= 0.6 is 32.3 Å². The Morgan fingerprint density at radius 1 is 1.25 bits per heavy atom. The molecule has 0 aromatic rings. The first-order valence-corrected chi connectivity index (χ1v) is 1.96. The van der Waals surface area contributed by atoms with Gasteiger partial charge in [-0.15, -0.1) is 0 Å². The van der Waals surface area contributed by atoms with Crippen LogP contribution in [0.15, 0.2) is 0 Å². The summed E-state index contributed by atoms with van der Waals surface area (Å²) in [6, 6.07) is 0. The molecule has 0 spiro atoms. The second kappa shape index (κ2) is 8.82. The zero-order valence-corrected chi connectivity index (χ0v) is 6.30. The van der Waals surface area contributed by atoms with Gasteiger partial charge in [0, 0.05) is 52.7 Å². The van der Waals surface area contributed by atoms with Crippen molar-refractivity contribution in [1.82, 2.24) is 3.37 Å². The summed E-state index contributed by atoms with van der Waals surface area (Å²) in [6.45, 7) is 0. The van der Waals surface area contributed by atoms with E-state index in [0.29, 0.717) is 0 Å². The third-order valence-corrected chi connectivity index (χ3v) is 0. The molecule has 0 aromatic heterocycles. The largest absolute Gasteiger partial charge is 0.191 e. The molecule has 0 rings (SSSR count). The Morgan fingerprint density at radius 3 is 1.25 bits per heavy atom. The summed E-state index contributed by atoms with van der Waals surface area (Å²) < 4.78 is 2.38. The molecule has 0 unspecified atom stereocenters. The van der Waals surface area contributed by atoms with E-state index >= 15 is 0 Å². The topological polar surface area (TPSA) is 12.0 Å². The average Bonchev–Trinajstić information content (AvgIpc) is 0.918. The van der Waals surface area contributed by atoms with Gasteiger partial charge in [-0.2, -0.15) is 3.37 Å². The first kappa shape index (κ1) is 9.13. The van der Waals surface area contributed by atoms with Crippen molar-refractivity contribution < 1.29 is 20.4 Å². The smallest absolute Gasteiger partial charge is 0.0207 e. The minimum atomic E-state index is 0. The van der Waals surface area contributed by atoms with Gasteiger partial charge in [-0.3, -0.25) is 0 Å². The van der Waals surface area contributed by atoms with E-state index in [4.69, 9.17) is 0 Å². The van der Waals surface area contributed by atoms with Crippen molar-refractivity contribution in [3.63, 3.8) is 0 Å². The first-order chi connectivity index (χ1) is 1.41. The van der Waals surface area contributed by atoms with Gasteiger partial charge < -0.3 is 0 Å². The van der Waals surface area contributed by atoms with Gasteiger partial charge in [0.05, 0.1) is 0 Å². The average molecular weight is 281 g/mol. The van der Waals surface area contributed by atoms with Crippen molar-refractivity contribution in [2.24, 2.45) is 0 Å². The quantitative estimate of drug-likeness (QED) is 0.519. The standard InChI is InChI=1S/Br2HN.Pd/c1-3-2;/h3H;. The maximum absolute atomic E-state index is 2.81. The molecule has 0 aliphatic heterocycles. The number of hydrogen-bond donors (Lipinski definition) is 1. The summed E-state index contributed by atoms with van der Waals surface area (Å²) in [5.74, 6) is 0. The Hall–Kier alpha value is 1.58. The van der Waals surface area contributed by atoms with Gasteiger partial charge in [-0.05, 0) is 0 Å². The summed E-state index contributed by atoms with van der Waals surface area (Å²) in [6.07, 6.45) is 0. The van der Waals surface area contributed by atoms with Crippen LogP contribution < -0.4 is 3.37 Å². The summed E-state index contributed by atoms with van der Waals surface area (Å²) in [5, 5.41) is 0. The maximum Gasteiger partial charge on any atom is 0.0207 e. The van der Waals surface area contributed by atoms with Gasteiger partial charge in [0.2, 0.25) is 0 Å². The van der Waals surface area contributed by atoms with Crippen LogP contribution in [0.5, 0.6) is 0 Å². The molecule has 0 aliphatic rings. The van der Waals surface area contributed by atoms with Crippen LogP contribution in [0.2, 0.25) is 0 Å². The van der Waals surface area contributed by atoms with Gasteiger partial charge in [0.1, 0.15) is 0 Å². The number of nitrogens with one attached hydrogen (secondary N) is 1. The second-order valence-electron chi connectivity index (χ2n) is 0.0714. The summed E-state index contributed by atoms with van der Waals surface area (Å²) >= 11 is 5.62. The van der Waals surface area contributed by atoms with Gasteiger partial charge in [-0.1, -0.05) is 0 Å². The Kier molecular flexibility index (Phi) is 20.1. The van der Waals surface area contributed by atoms with E-state index in [1.165, 1.54) is 0 Å². The molecule has 0 saturated carbocycles. The van der Waals surface area contributed by atoms with Gasteiger partial charge in [0.25, 0.3) is 0 Å². The fourth-order valence-corrected chi connectivity index (χ4v) is 0. The normalized spacial score (nSPS) is 4.50. The monoisotopic (exact) mass is 279 g/mol. The van der Waals surface area contributed by atoms with Gasteiger partial charge in [-0.25, -0.2) is 0 Å². The fourth-order valence-electron chi connectivity index (χ4n) is 0. The molecule has 4 heteroatoms. The number of rotatable bonds is 0. The van der Waals surface area contributed by atoms with Crippen molar-refractivity contribution >= 4 is 32.3 Å². The van der Waals surface area contributed by atoms with Crippen molar-refractivity contribution in [3.8, 4) is 0 Å². The molecule has 0 fully saturated rings. The second-order valence-corrected chi connectivity index (χ2v) is 1.93. The number of halogens is 2. The molecule has 0 atom stereocenters. The zero-order chi connectivity index (χ0) is 2.71. The molecule has 0 bridgehead atoms. The van der Waals surface area contributed by atoms with Crippen molar-refractivity contribution in [1.29, 1.82) is 0 Å². The van der Waals surface area contributed by atoms with E-state index in [-0.39, 0.29) is 20.4 Å². The molecule has 1 N–H and O–H groups in total. The van der Waals surface area contributed by atoms with Crippen LogP contribution in [0.3, 0.4) is 0 Å². The third-order valence-electron chi connectivity index (χ3n) is 0. The van der Waals surface area contributed by atoms with Crippen molar-refractivity contribution in [3.05, 3.63) is 0 Å². The van der Waals surface area contributed by atoms with Gasteiger partial charge >= 0.3 is 0 Å². The Morgan fingerprint density at radius 2 is 1.25 bits per heavy atom. The third kappa shape index (κ3) is 9.54. The Balaban J connectivity index is 0. The molecule has 1 nitrogen and oxygen atoms in total. The fraction of sp³-hybridized carbons (Fsp3) is 0. The minimum absolute atomic E-state index is 0. The Bertz CT molecular complexity index is 6.00. The SMILES string of the molecule is BrNBr.[Pd]. The predicted molar refractivity (Wildman–Crippen MR) is 21.0 cm³/mol. The maximum atomic E-state index is 2.81. The van der Waals surface area contributed by atoms with Crippen LogP contribution in [0.4, 0.5) is 0 Å². The molecule has 0 saturated heterocycles. The molecular formula is HBr2NPd. The van der Waals surface area contributed by atoms with E-state index in [2.05, 4.69) is 35.7 Å². The summed E-state index contributed by atoms with van der Waals surface area (Å²) in [5.41, 5.74) is 0. The predicted octanol–water partition coefficient (Wildman–Crippen LogP) is 1.19. The molecule has 0 aliphatic carbocycles. The number of hydrogen-bond acceptors (Lipinski definition) is 1. The molecule has 4 heavy (non-hydrogen) atoms. The van der Waals surface area contributed by atoms with Crippen LogP contribution in [0, 0.1) is 0 Å². The van der Waals surface area contributed by atoms with Crippen LogP contribution in [-0.4, -0.2) is 0 Å². The molecule has 0 amide bonds. The van der Waals surface area contributed by atoms with Crippen molar-refractivity contribution in [2.45, 2.75) is 0 Å². The zero-order valence-electron chi connectivity index (χ0n) is 1.57. The minimum Gasteiger partial charge on any atom is -0.191 e. The van der Waals surface area contributed by atoms with E-state index in [1.807, 2.05) is 0 Å². The van der Waals surface area contributed by atoms with Gasteiger partial charge in [0.15, 0.2) is 0 Å². The summed E-state index contributed by atoms with van der Waals surface area (Å²) in [7, 11) is 0. The van der Waals surface area contributed by atoms with Crippen LogP contribution in [0.1, 0.15) is 0 Å². The van der Waals surface area contributed by atoms with Crippen molar-refractivity contribution in [2.75, 3.05) is 0 Å². The van der Waals surface area contributed by atoms with Crippen LogP contribution in [-0.2, 0) is 20.4 Å². The van der Waals surface area contributed by atoms with E-state index in [0.717, 1.165) is 0 Å². The molecular weight excluding hydrogens is 280 g/mol. The van der Waals surface area contributed by atoms with E-state index in [1.54, 1.807) is 0 Å².